The third-order valence-corrected chi connectivity index (χ3v) is 4.62. The van der Waals surface area contributed by atoms with Crippen LogP contribution in [0.25, 0.3) is 0 Å². The Morgan fingerprint density at radius 3 is 2.78 bits per heavy atom. The number of hydrogen-bond donors (Lipinski definition) is 1. The largest absolute Gasteiger partial charge is 0.493 e. The summed E-state index contributed by atoms with van der Waals surface area (Å²) >= 11 is 0. The van der Waals surface area contributed by atoms with E-state index in [0.717, 1.165) is 24.1 Å². The van der Waals surface area contributed by atoms with E-state index in [1.807, 2.05) is 31.2 Å². The molecule has 2 aromatic carbocycles. The number of carbonyl (C=O) groups is 1. The molecule has 0 saturated heterocycles. The van der Waals surface area contributed by atoms with Crippen LogP contribution in [-0.2, 0) is 11.2 Å². The maximum Gasteiger partial charge on any atom is 0.387 e. The Morgan fingerprint density at radius 2 is 2.04 bits per heavy atom. The molecule has 1 heterocycles. The third kappa shape index (κ3) is 4.30. The molecule has 7 heteroatoms. The lowest BCUT2D eigenvalue weighted by molar-refractivity contribution is -0.117. The van der Waals surface area contributed by atoms with E-state index >= 15 is 0 Å². The second-order valence-corrected chi connectivity index (χ2v) is 6.38. The van der Waals surface area contributed by atoms with Crippen molar-refractivity contribution in [3.05, 3.63) is 48.0 Å². The predicted molar refractivity (Wildman–Crippen MR) is 99.8 cm³/mol. The van der Waals surface area contributed by atoms with Crippen LogP contribution < -0.4 is 19.7 Å². The van der Waals surface area contributed by atoms with Crippen LogP contribution >= 0.6 is 0 Å². The predicted octanol–water partition coefficient (Wildman–Crippen LogP) is 4.08. The fraction of sp³-hybridized carbons (Fsp3) is 0.350. The van der Waals surface area contributed by atoms with Gasteiger partial charge in [0.2, 0.25) is 5.91 Å². The second kappa shape index (κ2) is 8.24. The molecular weight excluding hydrogens is 354 g/mol. The summed E-state index contributed by atoms with van der Waals surface area (Å²) in [4.78, 5) is 14.6. The molecule has 0 aliphatic carbocycles. The van der Waals surface area contributed by atoms with Gasteiger partial charge in [0.05, 0.1) is 13.7 Å². The zero-order chi connectivity index (χ0) is 19.4. The molecule has 5 nitrogen and oxygen atoms in total. The van der Waals surface area contributed by atoms with E-state index in [2.05, 4.69) is 10.1 Å². The van der Waals surface area contributed by atoms with E-state index in [4.69, 9.17) is 4.74 Å². The fourth-order valence-corrected chi connectivity index (χ4v) is 3.31. The second-order valence-electron chi connectivity index (χ2n) is 6.38. The van der Waals surface area contributed by atoms with Crippen LogP contribution in [0.4, 0.5) is 20.2 Å². The Balaban J connectivity index is 1.72. The summed E-state index contributed by atoms with van der Waals surface area (Å²) in [5.74, 6) is 0.0363. The minimum absolute atomic E-state index is 0.0408. The van der Waals surface area contributed by atoms with Gasteiger partial charge in [0.25, 0.3) is 0 Å². The molecule has 1 N–H and O–H groups in total. The van der Waals surface area contributed by atoms with Gasteiger partial charge in [0.15, 0.2) is 11.5 Å². The van der Waals surface area contributed by atoms with Crippen molar-refractivity contribution in [2.24, 2.45) is 0 Å². The van der Waals surface area contributed by atoms with Crippen LogP contribution in [0.2, 0.25) is 0 Å². The number of aryl methyl sites for hydroxylation is 1. The highest BCUT2D eigenvalue weighted by atomic mass is 19.3. The Labute approximate surface area is 156 Å². The topological polar surface area (TPSA) is 50.8 Å². The van der Waals surface area contributed by atoms with Gasteiger partial charge in [-0.05, 0) is 43.5 Å². The minimum atomic E-state index is -2.96. The number of halogens is 2. The zero-order valence-electron chi connectivity index (χ0n) is 15.2. The van der Waals surface area contributed by atoms with Gasteiger partial charge < -0.3 is 19.7 Å². The number of rotatable bonds is 6. The number of ether oxygens (including phenoxy) is 2. The Hall–Kier alpha value is -2.83. The molecule has 0 saturated carbocycles. The average molecular weight is 376 g/mol. The van der Waals surface area contributed by atoms with Crippen molar-refractivity contribution in [3.63, 3.8) is 0 Å². The molecule has 0 aromatic heterocycles. The average Bonchev–Trinajstić information content (AvgIpc) is 2.65. The van der Waals surface area contributed by atoms with E-state index in [-0.39, 0.29) is 30.0 Å². The quantitative estimate of drug-likeness (QED) is 0.826. The number of carbonyl (C=O) groups excluding carboxylic acids is 1. The van der Waals surface area contributed by atoms with Gasteiger partial charge >= 0.3 is 6.61 Å². The summed E-state index contributed by atoms with van der Waals surface area (Å²) in [7, 11) is 1.37. The van der Waals surface area contributed by atoms with E-state index in [1.165, 1.54) is 19.2 Å². The van der Waals surface area contributed by atoms with Crippen LogP contribution in [0.5, 0.6) is 11.5 Å². The van der Waals surface area contributed by atoms with Crippen LogP contribution in [-0.4, -0.2) is 32.2 Å². The maximum atomic E-state index is 12.8. The molecule has 2 aromatic rings. The van der Waals surface area contributed by atoms with Gasteiger partial charge in [-0.1, -0.05) is 18.2 Å². The summed E-state index contributed by atoms with van der Waals surface area (Å²) in [6, 6.07) is 12.5. The highest BCUT2D eigenvalue weighted by Crippen LogP contribution is 2.32. The molecule has 0 radical (unpaired) electrons. The van der Waals surface area contributed by atoms with Gasteiger partial charge in [-0.2, -0.15) is 8.78 Å². The van der Waals surface area contributed by atoms with Gasteiger partial charge in [-0.25, -0.2) is 0 Å². The molecule has 3 rings (SSSR count). The van der Waals surface area contributed by atoms with Crippen molar-refractivity contribution in [1.29, 1.82) is 0 Å². The minimum Gasteiger partial charge on any atom is -0.493 e. The SMILES string of the molecule is COc1ccc(NCC(=O)N2c3ccccc3CCC2C)cc1OC(F)F. The highest BCUT2D eigenvalue weighted by Gasteiger charge is 2.27. The van der Waals surface area contributed by atoms with E-state index < -0.39 is 6.61 Å². The number of benzene rings is 2. The Morgan fingerprint density at radius 1 is 1.26 bits per heavy atom. The molecule has 144 valence electrons. The molecular formula is C20H22F2N2O3. The lowest BCUT2D eigenvalue weighted by atomic mass is 9.96. The zero-order valence-corrected chi connectivity index (χ0v) is 15.2. The van der Waals surface area contributed by atoms with Gasteiger partial charge in [0, 0.05) is 23.5 Å². The van der Waals surface area contributed by atoms with E-state index in [9.17, 15) is 13.6 Å². The lowest BCUT2D eigenvalue weighted by Crippen LogP contribution is -2.44. The highest BCUT2D eigenvalue weighted by molar-refractivity contribution is 5.97. The maximum absolute atomic E-state index is 12.8. The van der Waals surface area contributed by atoms with E-state index in [1.54, 1.807) is 11.0 Å². The van der Waals surface area contributed by atoms with Crippen LogP contribution in [0.15, 0.2) is 42.5 Å². The summed E-state index contributed by atoms with van der Waals surface area (Å²) in [5, 5.41) is 2.99. The van der Waals surface area contributed by atoms with Gasteiger partial charge in [0.1, 0.15) is 0 Å². The molecule has 0 spiro atoms. The molecule has 1 aliphatic rings. The first-order valence-corrected chi connectivity index (χ1v) is 8.76. The molecule has 1 atom stereocenters. The van der Waals surface area contributed by atoms with Crippen molar-refractivity contribution in [2.45, 2.75) is 32.4 Å². The number of nitrogens with one attached hydrogen (secondary N) is 1. The number of nitrogens with zero attached hydrogens (tertiary/aromatic N) is 1. The molecule has 1 amide bonds. The van der Waals surface area contributed by atoms with Crippen molar-refractivity contribution in [2.75, 3.05) is 23.9 Å². The number of amides is 1. The third-order valence-electron chi connectivity index (χ3n) is 4.62. The molecule has 0 fully saturated rings. The lowest BCUT2D eigenvalue weighted by Gasteiger charge is -2.35. The van der Waals surface area contributed by atoms with Crippen molar-refractivity contribution in [1.82, 2.24) is 0 Å². The monoisotopic (exact) mass is 376 g/mol. The van der Waals surface area contributed by atoms with Gasteiger partial charge in [-0.15, -0.1) is 0 Å². The molecule has 1 aliphatic heterocycles. The van der Waals surface area contributed by atoms with Crippen molar-refractivity contribution < 1.29 is 23.0 Å². The van der Waals surface area contributed by atoms with Crippen LogP contribution in [0.1, 0.15) is 18.9 Å². The molecule has 1 unspecified atom stereocenters. The number of hydrogen-bond acceptors (Lipinski definition) is 4. The number of alkyl halides is 2. The Bertz CT molecular complexity index is 814. The molecule has 27 heavy (non-hydrogen) atoms. The summed E-state index contributed by atoms with van der Waals surface area (Å²) in [6.07, 6.45) is 1.85. The number of para-hydroxylation sites is 1. The summed E-state index contributed by atoms with van der Waals surface area (Å²) in [6.45, 7) is -0.893. The standard InChI is InChI=1S/C20H22F2N2O3/c1-13-7-8-14-5-3-4-6-16(14)24(13)19(25)12-23-15-9-10-17(26-2)18(11-15)27-20(21)22/h3-6,9-11,13,20,23H,7-8,12H2,1-2H3. The van der Waals surface area contributed by atoms with Crippen molar-refractivity contribution in [3.8, 4) is 11.5 Å². The normalized spacial score (nSPS) is 16.0. The van der Waals surface area contributed by atoms with Crippen LogP contribution in [0.3, 0.4) is 0 Å². The summed E-state index contributed by atoms with van der Waals surface area (Å²) < 4.78 is 34.6. The van der Waals surface area contributed by atoms with Crippen molar-refractivity contribution >= 4 is 17.3 Å². The first-order valence-electron chi connectivity index (χ1n) is 8.76. The first-order chi connectivity index (χ1) is 13.0. The number of methoxy groups -OCH3 is 1. The smallest absolute Gasteiger partial charge is 0.387 e. The van der Waals surface area contributed by atoms with Crippen LogP contribution in [0, 0.1) is 0 Å². The number of anilines is 2. The van der Waals surface area contributed by atoms with Gasteiger partial charge in [-0.3, -0.25) is 4.79 Å². The first kappa shape index (κ1) is 18.9. The molecule has 0 bridgehead atoms. The number of fused-ring (bicyclic) bond motifs is 1. The van der Waals surface area contributed by atoms with E-state index in [0.29, 0.717) is 5.69 Å². The fourth-order valence-electron chi connectivity index (χ4n) is 3.31. The Kier molecular flexibility index (Phi) is 5.78. The summed E-state index contributed by atoms with van der Waals surface area (Å²) in [5.41, 5.74) is 2.58.